The third kappa shape index (κ3) is 7.96. The average molecular weight is 694 g/mol. The fourth-order valence-corrected chi connectivity index (χ4v) is 6.50. The van der Waals surface area contributed by atoms with Gasteiger partial charge in [-0.25, -0.2) is 4.68 Å². The molecule has 1 spiro atoms. The van der Waals surface area contributed by atoms with Crippen LogP contribution in [0.5, 0.6) is 11.6 Å². The Morgan fingerprint density at radius 3 is 2.36 bits per heavy atom. The number of nitrogens with two attached hydrogens (primary N) is 1. The third-order valence-corrected chi connectivity index (χ3v) is 9.19. The van der Waals surface area contributed by atoms with Crippen molar-refractivity contribution in [2.24, 2.45) is 10.8 Å². The van der Waals surface area contributed by atoms with Gasteiger partial charge in [-0.3, -0.25) is 4.79 Å². The number of aryl methyl sites for hydroxylation is 1. The number of nitrogen functional groups attached to an aromatic ring is 1. The Bertz CT molecular complexity index is 1830. The number of nitrogens with one attached hydrogen (secondary N) is 1. The summed E-state index contributed by atoms with van der Waals surface area (Å²) < 4.78 is 57.8. The van der Waals surface area contributed by atoms with Crippen LogP contribution in [0.25, 0.3) is 16.8 Å². The fraction of sp³-hybridized carbons (Fsp3) is 0.444. The van der Waals surface area contributed by atoms with E-state index in [-0.39, 0.29) is 33.9 Å². The molecule has 50 heavy (non-hydrogen) atoms. The first-order valence-electron chi connectivity index (χ1n) is 16.6. The van der Waals surface area contributed by atoms with E-state index in [2.05, 4.69) is 41.2 Å². The molecular weight excluding hydrogens is 651 g/mol. The van der Waals surface area contributed by atoms with E-state index < -0.39 is 24.3 Å². The predicted molar refractivity (Wildman–Crippen MR) is 182 cm³/mol. The Hall–Kier alpha value is -4.85. The minimum atomic E-state index is -4.84. The second-order valence-electron chi connectivity index (χ2n) is 14.5. The van der Waals surface area contributed by atoms with Crippen LogP contribution in [0.3, 0.4) is 0 Å². The molecule has 14 heteroatoms. The van der Waals surface area contributed by atoms with Crippen LogP contribution in [-0.4, -0.2) is 69.3 Å². The lowest BCUT2D eigenvalue weighted by molar-refractivity contribution is -0.198. The number of rotatable bonds is 9. The molecule has 11 nitrogen and oxygen atoms in total. The van der Waals surface area contributed by atoms with Crippen LogP contribution >= 0.6 is 0 Å². The second-order valence-corrected chi connectivity index (χ2v) is 14.5. The minimum absolute atomic E-state index is 0.0133. The van der Waals surface area contributed by atoms with Gasteiger partial charge in [0.15, 0.2) is 0 Å². The number of carbonyl (C=O) groups is 1. The number of carboxylic acid groups (broad SMARTS) is 1. The van der Waals surface area contributed by atoms with Crippen LogP contribution in [0.4, 0.5) is 24.9 Å². The van der Waals surface area contributed by atoms with Crippen LogP contribution in [-0.2, 0) is 4.79 Å². The maximum absolute atomic E-state index is 14.9. The molecule has 4 heterocycles. The van der Waals surface area contributed by atoms with Gasteiger partial charge in [-0.2, -0.15) is 28.2 Å². The summed E-state index contributed by atoms with van der Waals surface area (Å²) in [5, 5.41) is 16.9. The molecule has 2 aliphatic heterocycles. The molecule has 4 N–H and O–H groups in total. The molecule has 2 atom stereocenters. The van der Waals surface area contributed by atoms with E-state index in [9.17, 15) is 23.1 Å². The van der Waals surface area contributed by atoms with E-state index in [0.717, 1.165) is 5.56 Å². The molecule has 0 bridgehead atoms. The van der Waals surface area contributed by atoms with Gasteiger partial charge in [-0.05, 0) is 72.4 Å². The van der Waals surface area contributed by atoms with E-state index in [1.165, 1.54) is 16.8 Å². The second kappa shape index (κ2) is 13.5. The number of carboxylic acids is 1. The number of hydrogen-bond acceptors (Lipinski definition) is 9. The SMILES string of the molecule is Cc1ccn(-c2cc(-c3ccc(OCC(C)(C)C)cc3)ccc2[C@@H](Oc2cc(N3CCC4(CC3)CN[C@H](C(=O)O)C4)nc(N)n2)C(F)(F)F)n1. The summed E-state index contributed by atoms with van der Waals surface area (Å²) >= 11 is 0. The summed E-state index contributed by atoms with van der Waals surface area (Å²) in [6.45, 7) is 10.2. The Morgan fingerprint density at radius 2 is 1.76 bits per heavy atom. The first-order valence-corrected chi connectivity index (χ1v) is 16.6. The summed E-state index contributed by atoms with van der Waals surface area (Å²) in [5.74, 6) is -0.368. The van der Waals surface area contributed by atoms with Gasteiger partial charge in [0.2, 0.25) is 17.9 Å². The van der Waals surface area contributed by atoms with Crippen molar-refractivity contribution in [2.75, 3.05) is 36.9 Å². The van der Waals surface area contributed by atoms with Crippen LogP contribution in [0.1, 0.15) is 57.4 Å². The van der Waals surface area contributed by atoms with E-state index >= 15 is 0 Å². The van der Waals surface area contributed by atoms with Gasteiger partial charge in [0, 0.05) is 37.5 Å². The normalized spacial score (nSPS) is 18.3. The summed E-state index contributed by atoms with van der Waals surface area (Å²) in [5.41, 5.74) is 7.98. The number of aliphatic carboxylic acids is 1. The van der Waals surface area contributed by atoms with E-state index in [1.54, 1.807) is 31.3 Å². The zero-order chi connectivity index (χ0) is 35.8. The van der Waals surface area contributed by atoms with Crippen molar-refractivity contribution in [2.45, 2.75) is 65.3 Å². The quantitative estimate of drug-likeness (QED) is 0.181. The minimum Gasteiger partial charge on any atom is -0.493 e. The number of aromatic nitrogens is 4. The van der Waals surface area contributed by atoms with Gasteiger partial charge >= 0.3 is 12.1 Å². The van der Waals surface area contributed by atoms with Gasteiger partial charge in [-0.15, -0.1) is 0 Å². The highest BCUT2D eigenvalue weighted by Gasteiger charge is 2.46. The lowest BCUT2D eigenvalue weighted by Crippen LogP contribution is -2.41. The topological polar surface area (TPSA) is 141 Å². The first-order chi connectivity index (χ1) is 23.6. The Kier molecular flexibility index (Phi) is 9.42. The molecule has 0 radical (unpaired) electrons. The standard InChI is InChI=1S/C36H42F3N7O4/c1-22-11-14-46(44-22)28-17-24(23-5-8-25(9-6-23)49-21-34(2,3)4)7-10-26(28)31(36(37,38)39)50-30-18-29(42-33(40)43-30)45-15-12-35(13-16-45)19-27(32(47)48)41-20-35/h5-11,14,17-18,27,31,41H,12-13,15-16,19-21H2,1-4H3,(H,47,48)(H2,40,42,43)/t27-,31+/m0/s1. The van der Waals surface area contributed by atoms with Crippen LogP contribution in [0.2, 0.25) is 0 Å². The number of nitrogens with zero attached hydrogens (tertiary/aromatic N) is 5. The summed E-state index contributed by atoms with van der Waals surface area (Å²) in [7, 11) is 0. The average Bonchev–Trinajstić information content (AvgIpc) is 3.68. The molecule has 2 aromatic heterocycles. The molecule has 2 saturated heterocycles. The highest BCUT2D eigenvalue weighted by molar-refractivity contribution is 5.74. The molecule has 0 unspecified atom stereocenters. The van der Waals surface area contributed by atoms with Crippen LogP contribution in [0, 0.1) is 17.8 Å². The molecule has 2 aromatic carbocycles. The zero-order valence-corrected chi connectivity index (χ0v) is 28.5. The van der Waals surface area contributed by atoms with Crippen molar-refractivity contribution in [3.63, 3.8) is 0 Å². The Morgan fingerprint density at radius 1 is 1.06 bits per heavy atom. The van der Waals surface area contributed by atoms with E-state index in [1.807, 2.05) is 29.2 Å². The lowest BCUT2D eigenvalue weighted by atomic mass is 9.76. The molecule has 4 aromatic rings. The fourth-order valence-electron chi connectivity index (χ4n) is 6.50. The largest absolute Gasteiger partial charge is 0.493 e. The maximum atomic E-state index is 14.9. The van der Waals surface area contributed by atoms with E-state index in [4.69, 9.17) is 15.2 Å². The van der Waals surface area contributed by atoms with Crippen LogP contribution in [0.15, 0.2) is 60.8 Å². The van der Waals surface area contributed by atoms with Crippen molar-refractivity contribution in [1.29, 1.82) is 0 Å². The summed E-state index contributed by atoms with van der Waals surface area (Å²) in [6.07, 6.45) is -3.72. The number of ether oxygens (including phenoxy) is 2. The first kappa shape index (κ1) is 35.0. The molecule has 0 aliphatic carbocycles. The van der Waals surface area contributed by atoms with Crippen molar-refractivity contribution in [1.82, 2.24) is 25.1 Å². The number of halogens is 3. The van der Waals surface area contributed by atoms with E-state index in [0.29, 0.717) is 68.3 Å². The van der Waals surface area contributed by atoms with Crippen LogP contribution < -0.4 is 25.4 Å². The van der Waals surface area contributed by atoms with Gasteiger partial charge < -0.3 is 30.5 Å². The van der Waals surface area contributed by atoms with Crippen molar-refractivity contribution < 1.29 is 32.5 Å². The third-order valence-electron chi connectivity index (χ3n) is 9.19. The summed E-state index contributed by atoms with van der Waals surface area (Å²) in [6, 6.07) is 14.6. The smallest absolute Gasteiger partial charge is 0.429 e. The van der Waals surface area contributed by atoms with Crippen molar-refractivity contribution in [3.05, 3.63) is 72.1 Å². The molecular formula is C36H42F3N7O4. The number of hydrogen-bond donors (Lipinski definition) is 3. The predicted octanol–water partition coefficient (Wildman–Crippen LogP) is 6.36. The van der Waals surface area contributed by atoms with Crippen molar-refractivity contribution in [3.8, 4) is 28.4 Å². The number of alkyl halides is 3. The van der Waals surface area contributed by atoms with Gasteiger partial charge in [-0.1, -0.05) is 45.0 Å². The molecule has 2 aliphatic rings. The number of benzene rings is 2. The highest BCUT2D eigenvalue weighted by atomic mass is 19.4. The lowest BCUT2D eigenvalue weighted by Gasteiger charge is -2.39. The van der Waals surface area contributed by atoms with Gasteiger partial charge in [0.25, 0.3) is 0 Å². The molecule has 6 rings (SSSR count). The Balaban J connectivity index is 1.27. The maximum Gasteiger partial charge on any atom is 0.429 e. The summed E-state index contributed by atoms with van der Waals surface area (Å²) in [4.78, 5) is 21.7. The highest BCUT2D eigenvalue weighted by Crippen LogP contribution is 2.43. The monoisotopic (exact) mass is 693 g/mol. The molecule has 0 amide bonds. The molecule has 0 saturated carbocycles. The number of anilines is 2. The molecule has 266 valence electrons. The molecule has 2 fully saturated rings. The Labute approximate surface area is 288 Å². The number of piperidine rings is 1. The van der Waals surface area contributed by atoms with Gasteiger partial charge in [0.1, 0.15) is 17.6 Å². The zero-order valence-electron chi connectivity index (χ0n) is 28.5. The van der Waals surface area contributed by atoms with Crippen molar-refractivity contribution >= 4 is 17.7 Å². The van der Waals surface area contributed by atoms with Gasteiger partial charge in [0.05, 0.1) is 18.0 Å².